The normalized spacial score (nSPS) is 19.0. The van der Waals surface area contributed by atoms with Crippen molar-refractivity contribution < 1.29 is 9.47 Å². The van der Waals surface area contributed by atoms with Crippen molar-refractivity contribution in [3.05, 3.63) is 131 Å². The van der Waals surface area contributed by atoms with Crippen molar-refractivity contribution in [1.29, 1.82) is 0 Å². The SMILES string of the molecule is c1ccc(COc2ccc3c(c2)CC[C@H](c2ccccc2)[C@@H]3c2ccc(OCCC3CNC3)cc2)cc1. The maximum Gasteiger partial charge on any atom is 0.120 e. The summed E-state index contributed by atoms with van der Waals surface area (Å²) in [5.74, 6) is 3.44. The molecule has 3 heteroatoms. The average Bonchev–Trinajstić information content (AvgIpc) is 2.94. The molecule has 0 bridgehead atoms. The fraction of sp³-hybridized carbons (Fsp3) is 0.294. The zero-order valence-corrected chi connectivity index (χ0v) is 21.3. The summed E-state index contributed by atoms with van der Waals surface area (Å²) in [5, 5.41) is 3.33. The van der Waals surface area contributed by atoms with Crippen LogP contribution in [0.15, 0.2) is 103 Å². The number of nitrogens with one attached hydrogen (secondary N) is 1. The molecule has 0 unspecified atom stereocenters. The summed E-state index contributed by atoms with van der Waals surface area (Å²) >= 11 is 0. The molecular formula is C34H35NO2. The van der Waals surface area contributed by atoms with Gasteiger partial charge in [0.2, 0.25) is 0 Å². The van der Waals surface area contributed by atoms with E-state index in [4.69, 9.17) is 9.47 Å². The Balaban J connectivity index is 1.24. The Morgan fingerprint density at radius 3 is 2.16 bits per heavy atom. The highest BCUT2D eigenvalue weighted by Crippen LogP contribution is 2.47. The molecule has 1 N–H and O–H groups in total. The molecule has 6 rings (SSSR count). The van der Waals surface area contributed by atoms with E-state index in [0.29, 0.717) is 18.4 Å². The second-order valence-electron chi connectivity index (χ2n) is 10.4. The van der Waals surface area contributed by atoms with Crippen molar-refractivity contribution in [1.82, 2.24) is 5.32 Å². The van der Waals surface area contributed by atoms with E-state index in [1.807, 2.05) is 6.07 Å². The summed E-state index contributed by atoms with van der Waals surface area (Å²) in [5.41, 5.74) is 6.77. The van der Waals surface area contributed by atoms with Crippen LogP contribution in [0.1, 0.15) is 52.5 Å². The topological polar surface area (TPSA) is 30.5 Å². The third-order valence-electron chi connectivity index (χ3n) is 7.95. The van der Waals surface area contributed by atoms with Crippen LogP contribution in [0.2, 0.25) is 0 Å². The molecule has 1 fully saturated rings. The molecule has 1 aliphatic carbocycles. The number of ether oxygens (including phenoxy) is 2. The third-order valence-corrected chi connectivity index (χ3v) is 7.95. The van der Waals surface area contributed by atoms with Gasteiger partial charge in [0.1, 0.15) is 18.1 Å². The Hall–Kier alpha value is -3.56. The Kier molecular flexibility index (Phi) is 7.23. The molecule has 188 valence electrons. The van der Waals surface area contributed by atoms with Gasteiger partial charge in [-0.15, -0.1) is 0 Å². The second kappa shape index (κ2) is 11.2. The lowest BCUT2D eigenvalue weighted by atomic mass is 9.69. The lowest BCUT2D eigenvalue weighted by molar-refractivity contribution is 0.238. The quantitative estimate of drug-likeness (QED) is 0.272. The number of fused-ring (bicyclic) bond motifs is 1. The Labute approximate surface area is 220 Å². The van der Waals surface area contributed by atoms with Crippen LogP contribution in [-0.2, 0) is 13.0 Å². The molecular weight excluding hydrogens is 454 g/mol. The van der Waals surface area contributed by atoms with Crippen LogP contribution < -0.4 is 14.8 Å². The second-order valence-corrected chi connectivity index (χ2v) is 10.4. The maximum absolute atomic E-state index is 6.17. The molecule has 1 heterocycles. The molecule has 0 saturated carbocycles. The number of benzene rings is 4. The highest BCUT2D eigenvalue weighted by Gasteiger charge is 2.32. The molecule has 2 aliphatic rings. The van der Waals surface area contributed by atoms with E-state index < -0.39 is 0 Å². The van der Waals surface area contributed by atoms with Crippen molar-refractivity contribution in [2.24, 2.45) is 5.92 Å². The molecule has 4 aromatic rings. The van der Waals surface area contributed by atoms with Gasteiger partial charge in [0, 0.05) is 5.92 Å². The minimum absolute atomic E-state index is 0.310. The van der Waals surface area contributed by atoms with E-state index in [-0.39, 0.29) is 0 Å². The molecule has 0 aromatic heterocycles. The van der Waals surface area contributed by atoms with Crippen LogP contribution in [0.25, 0.3) is 0 Å². The maximum atomic E-state index is 6.17. The summed E-state index contributed by atoms with van der Waals surface area (Å²) < 4.78 is 12.2. The van der Waals surface area contributed by atoms with Gasteiger partial charge in [-0.3, -0.25) is 0 Å². The largest absolute Gasteiger partial charge is 0.494 e. The van der Waals surface area contributed by atoms with Crippen molar-refractivity contribution in [3.63, 3.8) is 0 Å². The number of rotatable bonds is 9. The smallest absolute Gasteiger partial charge is 0.120 e. The van der Waals surface area contributed by atoms with Gasteiger partial charge in [0.25, 0.3) is 0 Å². The first-order chi connectivity index (χ1) is 18.3. The predicted octanol–water partition coefficient (Wildman–Crippen LogP) is 7.12. The van der Waals surface area contributed by atoms with Crippen LogP contribution in [-0.4, -0.2) is 19.7 Å². The van der Waals surface area contributed by atoms with Crippen LogP contribution in [0, 0.1) is 5.92 Å². The van der Waals surface area contributed by atoms with Gasteiger partial charge in [0.05, 0.1) is 6.61 Å². The zero-order chi connectivity index (χ0) is 24.9. The highest BCUT2D eigenvalue weighted by molar-refractivity contribution is 5.48. The average molecular weight is 490 g/mol. The Bertz CT molecular complexity index is 1280. The number of hydrogen-bond donors (Lipinski definition) is 1. The first kappa shape index (κ1) is 23.8. The van der Waals surface area contributed by atoms with E-state index in [0.717, 1.165) is 56.4 Å². The number of aryl methyl sites for hydroxylation is 1. The Morgan fingerprint density at radius 2 is 1.43 bits per heavy atom. The van der Waals surface area contributed by atoms with E-state index in [9.17, 15) is 0 Å². The lowest BCUT2D eigenvalue weighted by Crippen LogP contribution is -2.42. The van der Waals surface area contributed by atoms with Gasteiger partial charge < -0.3 is 14.8 Å². The summed E-state index contributed by atoms with van der Waals surface area (Å²) in [6.07, 6.45) is 3.30. The van der Waals surface area contributed by atoms with Crippen molar-refractivity contribution in [2.45, 2.75) is 37.7 Å². The van der Waals surface area contributed by atoms with E-state index in [1.54, 1.807) is 0 Å². The first-order valence-electron chi connectivity index (χ1n) is 13.6. The minimum Gasteiger partial charge on any atom is -0.494 e. The molecule has 3 nitrogen and oxygen atoms in total. The molecule has 2 atom stereocenters. The zero-order valence-electron chi connectivity index (χ0n) is 21.3. The van der Waals surface area contributed by atoms with Crippen molar-refractivity contribution in [2.75, 3.05) is 19.7 Å². The highest BCUT2D eigenvalue weighted by atomic mass is 16.5. The number of hydrogen-bond acceptors (Lipinski definition) is 3. The van der Waals surface area contributed by atoms with Crippen molar-refractivity contribution >= 4 is 0 Å². The lowest BCUT2D eigenvalue weighted by Gasteiger charge is -2.35. The van der Waals surface area contributed by atoms with E-state index in [2.05, 4.69) is 102 Å². The van der Waals surface area contributed by atoms with Crippen LogP contribution >= 0.6 is 0 Å². The standard InChI is InChI=1S/C34H35NO2/c1-3-7-25(8-4-1)24-37-31-16-18-33-29(21-31)13-17-32(27-9-5-2-6-10-27)34(33)28-11-14-30(15-12-28)36-20-19-26-22-35-23-26/h1-12,14-16,18,21,26,32,34-35H,13,17,19-20,22-24H2/t32-,34+/m1/s1. The third kappa shape index (κ3) is 5.57. The van der Waals surface area contributed by atoms with E-state index in [1.165, 1.54) is 27.8 Å². The fourth-order valence-electron chi connectivity index (χ4n) is 5.77. The monoisotopic (exact) mass is 489 g/mol. The summed E-state index contributed by atoms with van der Waals surface area (Å²) in [6.45, 7) is 3.64. The molecule has 1 saturated heterocycles. The molecule has 4 aromatic carbocycles. The van der Waals surface area contributed by atoms with Gasteiger partial charge in [-0.25, -0.2) is 0 Å². The van der Waals surface area contributed by atoms with E-state index >= 15 is 0 Å². The summed E-state index contributed by atoms with van der Waals surface area (Å²) in [7, 11) is 0. The van der Waals surface area contributed by atoms with Gasteiger partial charge in [-0.2, -0.15) is 0 Å². The van der Waals surface area contributed by atoms with Gasteiger partial charge in [-0.05, 0) is 96.3 Å². The van der Waals surface area contributed by atoms with Gasteiger partial charge >= 0.3 is 0 Å². The molecule has 0 spiro atoms. The fourth-order valence-corrected chi connectivity index (χ4v) is 5.77. The molecule has 1 aliphatic heterocycles. The van der Waals surface area contributed by atoms with Gasteiger partial charge in [0.15, 0.2) is 0 Å². The summed E-state index contributed by atoms with van der Waals surface area (Å²) in [4.78, 5) is 0. The van der Waals surface area contributed by atoms with Gasteiger partial charge in [-0.1, -0.05) is 78.9 Å². The molecule has 0 radical (unpaired) electrons. The minimum atomic E-state index is 0.310. The molecule has 0 amide bonds. The predicted molar refractivity (Wildman–Crippen MR) is 149 cm³/mol. The molecule has 37 heavy (non-hydrogen) atoms. The summed E-state index contributed by atoms with van der Waals surface area (Å²) in [6, 6.07) is 36.9. The Morgan fingerprint density at radius 1 is 0.703 bits per heavy atom. The van der Waals surface area contributed by atoms with Crippen LogP contribution in [0.5, 0.6) is 11.5 Å². The van der Waals surface area contributed by atoms with Crippen molar-refractivity contribution in [3.8, 4) is 11.5 Å². The van der Waals surface area contributed by atoms with Crippen LogP contribution in [0.4, 0.5) is 0 Å². The van der Waals surface area contributed by atoms with Crippen LogP contribution in [0.3, 0.4) is 0 Å². The first-order valence-corrected chi connectivity index (χ1v) is 13.6.